The third-order valence-electron chi connectivity index (χ3n) is 1.52. The van der Waals surface area contributed by atoms with Gasteiger partial charge in [-0.05, 0) is 27.2 Å². The Morgan fingerprint density at radius 3 is 2.38 bits per heavy atom. The molecule has 0 aliphatic heterocycles. The molecular weight excluding hydrogens is 208 g/mol. The van der Waals surface area contributed by atoms with Crippen LogP contribution >= 0.6 is 0 Å². The van der Waals surface area contributed by atoms with E-state index in [1.807, 2.05) is 20.8 Å². The fourth-order valence-corrected chi connectivity index (χ4v) is 0.972. The van der Waals surface area contributed by atoms with Gasteiger partial charge in [0.2, 0.25) is 0 Å². The topological polar surface area (TPSA) is 52.6 Å². The van der Waals surface area contributed by atoms with Gasteiger partial charge >= 0.3 is 11.9 Å². The second-order valence-corrected chi connectivity index (χ2v) is 4.40. The van der Waals surface area contributed by atoms with E-state index in [0.29, 0.717) is 6.42 Å². The van der Waals surface area contributed by atoms with Crippen molar-refractivity contribution in [3.05, 3.63) is 12.7 Å². The van der Waals surface area contributed by atoms with Crippen LogP contribution in [0.4, 0.5) is 0 Å². The molecule has 92 valence electrons. The summed E-state index contributed by atoms with van der Waals surface area (Å²) in [5.41, 5.74) is -0.462. The average molecular weight is 228 g/mol. The molecule has 0 radical (unpaired) electrons. The van der Waals surface area contributed by atoms with Gasteiger partial charge in [0, 0.05) is 6.42 Å². The van der Waals surface area contributed by atoms with Crippen molar-refractivity contribution in [2.45, 2.75) is 45.6 Å². The van der Waals surface area contributed by atoms with Crippen molar-refractivity contribution >= 4 is 11.9 Å². The van der Waals surface area contributed by atoms with E-state index in [0.717, 1.165) is 0 Å². The molecule has 0 atom stereocenters. The number of esters is 2. The first kappa shape index (κ1) is 14.7. The quantitative estimate of drug-likeness (QED) is 0.397. The SMILES string of the molecule is C=CCC(=O)OCCCC(=O)OC(C)(C)C. The minimum Gasteiger partial charge on any atom is -0.465 e. The van der Waals surface area contributed by atoms with Crippen LogP contribution in [0.1, 0.15) is 40.0 Å². The Morgan fingerprint density at radius 2 is 1.88 bits per heavy atom. The number of hydrogen-bond acceptors (Lipinski definition) is 4. The minimum absolute atomic E-state index is 0.201. The van der Waals surface area contributed by atoms with Crippen LogP contribution in [-0.4, -0.2) is 24.1 Å². The summed E-state index contributed by atoms with van der Waals surface area (Å²) in [5.74, 6) is -0.591. The normalized spacial score (nSPS) is 10.7. The molecule has 0 N–H and O–H groups in total. The molecule has 0 rings (SSSR count). The molecule has 0 saturated carbocycles. The zero-order chi connectivity index (χ0) is 12.6. The second kappa shape index (κ2) is 7.04. The highest BCUT2D eigenvalue weighted by molar-refractivity contribution is 5.71. The monoisotopic (exact) mass is 228 g/mol. The van der Waals surface area contributed by atoms with Crippen LogP contribution in [0.2, 0.25) is 0 Å². The van der Waals surface area contributed by atoms with E-state index in [1.54, 1.807) is 0 Å². The lowest BCUT2D eigenvalue weighted by atomic mass is 10.2. The first-order valence-corrected chi connectivity index (χ1v) is 5.33. The summed E-state index contributed by atoms with van der Waals surface area (Å²) >= 11 is 0. The van der Waals surface area contributed by atoms with Crippen LogP contribution in [0.3, 0.4) is 0 Å². The first-order chi connectivity index (χ1) is 7.35. The maximum atomic E-state index is 11.3. The molecule has 0 aromatic carbocycles. The molecule has 4 heteroatoms. The molecule has 0 bridgehead atoms. The maximum Gasteiger partial charge on any atom is 0.309 e. The van der Waals surface area contributed by atoms with Gasteiger partial charge in [-0.15, -0.1) is 6.58 Å². The van der Waals surface area contributed by atoms with Crippen molar-refractivity contribution < 1.29 is 19.1 Å². The summed E-state index contributed by atoms with van der Waals surface area (Å²) in [6, 6.07) is 0. The Morgan fingerprint density at radius 1 is 1.25 bits per heavy atom. The van der Waals surface area contributed by atoms with Gasteiger partial charge in [-0.2, -0.15) is 0 Å². The van der Waals surface area contributed by atoms with Crippen molar-refractivity contribution in [1.82, 2.24) is 0 Å². The molecule has 0 aliphatic carbocycles. The summed E-state index contributed by atoms with van der Waals surface area (Å²) in [4.78, 5) is 22.2. The van der Waals surface area contributed by atoms with Crippen LogP contribution in [0.25, 0.3) is 0 Å². The molecule has 0 unspecified atom stereocenters. The van der Waals surface area contributed by atoms with Crippen LogP contribution in [0.15, 0.2) is 12.7 Å². The number of rotatable bonds is 6. The average Bonchev–Trinajstić information content (AvgIpc) is 2.10. The Hall–Kier alpha value is -1.32. The van der Waals surface area contributed by atoms with E-state index >= 15 is 0 Å². The molecule has 0 spiro atoms. The van der Waals surface area contributed by atoms with Crippen LogP contribution < -0.4 is 0 Å². The summed E-state index contributed by atoms with van der Waals surface area (Å²) in [6.45, 7) is 9.11. The lowest BCUT2D eigenvalue weighted by Crippen LogP contribution is -2.23. The van der Waals surface area contributed by atoms with Gasteiger partial charge in [-0.1, -0.05) is 6.08 Å². The van der Waals surface area contributed by atoms with E-state index in [4.69, 9.17) is 9.47 Å². The highest BCUT2D eigenvalue weighted by Gasteiger charge is 2.15. The number of carbonyl (C=O) groups is 2. The molecule has 0 amide bonds. The summed E-state index contributed by atoms with van der Waals surface area (Å²) in [6.07, 6.45) is 2.43. The van der Waals surface area contributed by atoms with Crippen molar-refractivity contribution in [3.63, 3.8) is 0 Å². The number of ether oxygens (including phenoxy) is 2. The predicted molar refractivity (Wildman–Crippen MR) is 60.9 cm³/mol. The molecule has 0 saturated heterocycles. The Kier molecular flexibility index (Phi) is 6.46. The van der Waals surface area contributed by atoms with Gasteiger partial charge in [-0.25, -0.2) is 0 Å². The predicted octanol–water partition coefficient (Wildman–Crippen LogP) is 2.23. The van der Waals surface area contributed by atoms with E-state index in [1.165, 1.54) is 6.08 Å². The zero-order valence-electron chi connectivity index (χ0n) is 10.2. The Bertz CT molecular complexity index is 250. The van der Waals surface area contributed by atoms with Crippen LogP contribution in [-0.2, 0) is 19.1 Å². The number of hydrogen-bond donors (Lipinski definition) is 0. The van der Waals surface area contributed by atoms with Gasteiger partial charge in [0.25, 0.3) is 0 Å². The number of carbonyl (C=O) groups excluding carboxylic acids is 2. The van der Waals surface area contributed by atoms with Crippen LogP contribution in [0, 0.1) is 0 Å². The molecular formula is C12H20O4. The molecule has 0 aromatic heterocycles. The molecule has 16 heavy (non-hydrogen) atoms. The van der Waals surface area contributed by atoms with Gasteiger partial charge in [0.1, 0.15) is 5.60 Å². The summed E-state index contributed by atoms with van der Waals surface area (Å²) < 4.78 is 9.94. The molecule has 4 nitrogen and oxygen atoms in total. The van der Waals surface area contributed by atoms with Gasteiger partial charge < -0.3 is 9.47 Å². The van der Waals surface area contributed by atoms with Gasteiger partial charge in [0.15, 0.2) is 0 Å². The van der Waals surface area contributed by atoms with Crippen molar-refractivity contribution in [2.24, 2.45) is 0 Å². The summed E-state index contributed by atoms with van der Waals surface area (Å²) in [7, 11) is 0. The lowest BCUT2D eigenvalue weighted by Gasteiger charge is -2.19. The third-order valence-corrected chi connectivity index (χ3v) is 1.52. The second-order valence-electron chi connectivity index (χ2n) is 4.40. The zero-order valence-corrected chi connectivity index (χ0v) is 10.2. The molecule has 0 aromatic rings. The Labute approximate surface area is 96.6 Å². The van der Waals surface area contributed by atoms with Crippen LogP contribution in [0.5, 0.6) is 0 Å². The van der Waals surface area contributed by atoms with Crippen molar-refractivity contribution in [2.75, 3.05) is 6.61 Å². The van der Waals surface area contributed by atoms with Gasteiger partial charge in [0.05, 0.1) is 13.0 Å². The highest BCUT2D eigenvalue weighted by atomic mass is 16.6. The third kappa shape index (κ3) is 9.24. The Balaban J connectivity index is 3.56. The smallest absolute Gasteiger partial charge is 0.309 e. The van der Waals surface area contributed by atoms with Crippen molar-refractivity contribution in [3.8, 4) is 0 Å². The molecule has 0 fully saturated rings. The van der Waals surface area contributed by atoms with Gasteiger partial charge in [-0.3, -0.25) is 9.59 Å². The highest BCUT2D eigenvalue weighted by Crippen LogP contribution is 2.09. The standard InChI is InChI=1S/C12H20O4/c1-5-7-10(13)15-9-6-8-11(14)16-12(2,3)4/h5H,1,6-9H2,2-4H3. The van der Waals surface area contributed by atoms with E-state index in [9.17, 15) is 9.59 Å². The van der Waals surface area contributed by atoms with Crippen molar-refractivity contribution in [1.29, 1.82) is 0 Å². The maximum absolute atomic E-state index is 11.3. The fraction of sp³-hybridized carbons (Fsp3) is 0.667. The minimum atomic E-state index is -0.462. The molecule has 0 heterocycles. The van der Waals surface area contributed by atoms with E-state index in [2.05, 4.69) is 6.58 Å². The molecule has 0 aliphatic rings. The first-order valence-electron chi connectivity index (χ1n) is 5.33. The van der Waals surface area contributed by atoms with E-state index in [-0.39, 0.29) is 31.4 Å². The summed E-state index contributed by atoms with van der Waals surface area (Å²) in [5, 5.41) is 0. The largest absolute Gasteiger partial charge is 0.465 e. The lowest BCUT2D eigenvalue weighted by molar-refractivity contribution is -0.156. The van der Waals surface area contributed by atoms with E-state index < -0.39 is 5.60 Å². The fourth-order valence-electron chi connectivity index (χ4n) is 0.972.